The molecule has 0 aromatic carbocycles. The highest BCUT2D eigenvalue weighted by atomic mass is 35.5. The first-order valence-corrected chi connectivity index (χ1v) is 7.49. The second-order valence-corrected chi connectivity index (χ2v) is 5.81. The van der Waals surface area contributed by atoms with E-state index in [1.807, 2.05) is 24.8 Å². The molecule has 1 heterocycles. The minimum absolute atomic E-state index is 0.0224. The summed E-state index contributed by atoms with van der Waals surface area (Å²) >= 11 is 5.72. The third-order valence-electron chi connectivity index (χ3n) is 3.98. The van der Waals surface area contributed by atoms with E-state index in [2.05, 4.69) is 0 Å². The first kappa shape index (κ1) is 15.4. The fourth-order valence-electron chi connectivity index (χ4n) is 2.71. The van der Waals surface area contributed by atoms with Crippen molar-refractivity contribution in [3.05, 3.63) is 23.2 Å². The number of methoxy groups -OCH3 is 1. The predicted molar refractivity (Wildman–Crippen MR) is 77.8 cm³/mol. The molecule has 1 amide bonds. The van der Waals surface area contributed by atoms with Crippen LogP contribution in [0.3, 0.4) is 0 Å². The number of carbonyl (C=O) groups is 1. The minimum atomic E-state index is -0.0224. The van der Waals surface area contributed by atoms with Gasteiger partial charge in [-0.15, -0.1) is 11.6 Å². The first-order valence-electron chi connectivity index (χ1n) is 6.96. The fraction of sp³-hybridized carbons (Fsp3) is 0.667. The number of ether oxygens (including phenoxy) is 1. The van der Waals surface area contributed by atoms with Gasteiger partial charge in [0.25, 0.3) is 0 Å². The number of furan rings is 1. The van der Waals surface area contributed by atoms with Gasteiger partial charge >= 0.3 is 0 Å². The molecule has 20 heavy (non-hydrogen) atoms. The lowest BCUT2D eigenvalue weighted by Gasteiger charge is -2.37. The van der Waals surface area contributed by atoms with Crippen LogP contribution in [0, 0.1) is 19.8 Å². The minimum Gasteiger partial charge on any atom is -0.466 e. The van der Waals surface area contributed by atoms with Gasteiger partial charge in [-0.1, -0.05) is 0 Å². The largest absolute Gasteiger partial charge is 0.466 e. The molecule has 0 unspecified atom stereocenters. The second-order valence-electron chi connectivity index (χ2n) is 5.54. The number of nitrogens with zero attached hydrogens (tertiary/aromatic N) is 1. The zero-order valence-corrected chi connectivity index (χ0v) is 13.1. The van der Waals surface area contributed by atoms with Gasteiger partial charge in [0, 0.05) is 25.8 Å². The van der Waals surface area contributed by atoms with Crippen molar-refractivity contribution >= 4 is 17.5 Å². The molecule has 5 heteroatoms. The summed E-state index contributed by atoms with van der Waals surface area (Å²) in [7, 11) is 1.74. The smallest absolute Gasteiger partial charge is 0.237 e. The third kappa shape index (κ3) is 3.55. The Balaban J connectivity index is 1.97. The molecule has 4 nitrogen and oxygen atoms in total. The van der Waals surface area contributed by atoms with Crippen molar-refractivity contribution in [2.75, 3.05) is 19.5 Å². The Morgan fingerprint density at radius 3 is 2.70 bits per heavy atom. The Kier molecular flexibility index (Phi) is 5.11. The number of aryl methyl sites for hydroxylation is 2. The van der Waals surface area contributed by atoms with Crippen LogP contribution in [-0.4, -0.2) is 36.4 Å². The van der Waals surface area contributed by atoms with Crippen molar-refractivity contribution in [2.45, 2.75) is 39.3 Å². The van der Waals surface area contributed by atoms with E-state index >= 15 is 0 Å². The van der Waals surface area contributed by atoms with Gasteiger partial charge in [0.15, 0.2) is 0 Å². The molecule has 0 spiro atoms. The van der Waals surface area contributed by atoms with Crippen LogP contribution < -0.4 is 0 Å². The van der Waals surface area contributed by atoms with Crippen LogP contribution >= 0.6 is 11.6 Å². The maximum absolute atomic E-state index is 12.0. The third-order valence-corrected chi connectivity index (χ3v) is 4.21. The van der Waals surface area contributed by atoms with Gasteiger partial charge in [-0.2, -0.15) is 0 Å². The van der Waals surface area contributed by atoms with Gasteiger partial charge in [0.05, 0.1) is 6.10 Å². The van der Waals surface area contributed by atoms with Gasteiger partial charge in [-0.05, 0) is 38.7 Å². The Hall–Kier alpha value is -1.00. The number of halogens is 1. The van der Waals surface area contributed by atoms with Crippen molar-refractivity contribution in [1.29, 1.82) is 0 Å². The second kappa shape index (κ2) is 6.64. The van der Waals surface area contributed by atoms with E-state index < -0.39 is 0 Å². The molecular weight excluding hydrogens is 278 g/mol. The van der Waals surface area contributed by atoms with Gasteiger partial charge in [0.1, 0.15) is 17.4 Å². The highest BCUT2D eigenvalue weighted by molar-refractivity contribution is 6.27. The van der Waals surface area contributed by atoms with Crippen LogP contribution in [-0.2, 0) is 16.1 Å². The molecule has 0 aliphatic heterocycles. The van der Waals surface area contributed by atoms with Crippen LogP contribution in [0.2, 0.25) is 0 Å². The van der Waals surface area contributed by atoms with Crippen LogP contribution in [0.25, 0.3) is 0 Å². The maximum Gasteiger partial charge on any atom is 0.237 e. The van der Waals surface area contributed by atoms with Crippen molar-refractivity contribution in [3.63, 3.8) is 0 Å². The van der Waals surface area contributed by atoms with Crippen molar-refractivity contribution < 1.29 is 13.9 Å². The lowest BCUT2D eigenvalue weighted by molar-refractivity contribution is -0.131. The molecular formula is C15H22ClNO3. The van der Waals surface area contributed by atoms with E-state index in [-0.39, 0.29) is 11.8 Å². The number of rotatable bonds is 6. The molecule has 0 bridgehead atoms. The van der Waals surface area contributed by atoms with Crippen LogP contribution in [0.15, 0.2) is 10.5 Å². The highest BCUT2D eigenvalue weighted by Gasteiger charge is 2.31. The summed E-state index contributed by atoms with van der Waals surface area (Å²) in [4.78, 5) is 13.8. The van der Waals surface area contributed by atoms with E-state index in [9.17, 15) is 4.79 Å². The van der Waals surface area contributed by atoms with E-state index in [4.69, 9.17) is 20.8 Å². The highest BCUT2D eigenvalue weighted by Crippen LogP contribution is 2.31. The molecule has 0 saturated heterocycles. The molecule has 112 valence electrons. The van der Waals surface area contributed by atoms with Crippen molar-refractivity contribution in [2.24, 2.45) is 5.92 Å². The quantitative estimate of drug-likeness (QED) is 0.759. The standard InChI is InChI=1S/C15H22ClNO3/c1-10-4-13(11(2)20-10)9-17(15(18)7-16)8-12-5-14(6-12)19-3/h4,12,14H,5-9H2,1-3H3. The maximum atomic E-state index is 12.0. The molecule has 1 aromatic heterocycles. The average molecular weight is 300 g/mol. The SMILES string of the molecule is COC1CC(CN(Cc2cc(C)oc2C)C(=O)CCl)C1. The molecule has 1 saturated carbocycles. The lowest BCUT2D eigenvalue weighted by atomic mass is 9.82. The normalized spacial score (nSPS) is 21.6. The number of amides is 1. The number of alkyl halides is 1. The summed E-state index contributed by atoms with van der Waals surface area (Å²) in [6.45, 7) is 5.16. The van der Waals surface area contributed by atoms with Crippen LogP contribution in [0.4, 0.5) is 0 Å². The molecule has 0 N–H and O–H groups in total. The fourth-order valence-corrected chi connectivity index (χ4v) is 2.88. The molecule has 0 radical (unpaired) electrons. The van der Waals surface area contributed by atoms with Crippen LogP contribution in [0.1, 0.15) is 29.9 Å². The Bertz CT molecular complexity index is 466. The molecule has 2 rings (SSSR count). The average Bonchev–Trinajstić information content (AvgIpc) is 2.69. The molecule has 0 atom stereocenters. The number of carbonyl (C=O) groups excluding carboxylic acids is 1. The van der Waals surface area contributed by atoms with Crippen molar-refractivity contribution in [1.82, 2.24) is 4.90 Å². The van der Waals surface area contributed by atoms with Gasteiger partial charge < -0.3 is 14.1 Å². The summed E-state index contributed by atoms with van der Waals surface area (Å²) in [6.07, 6.45) is 2.39. The summed E-state index contributed by atoms with van der Waals surface area (Å²) < 4.78 is 10.8. The van der Waals surface area contributed by atoms with E-state index in [1.54, 1.807) is 7.11 Å². The Morgan fingerprint density at radius 2 is 2.20 bits per heavy atom. The van der Waals surface area contributed by atoms with Gasteiger partial charge in [-0.3, -0.25) is 4.79 Å². The molecule has 1 aliphatic rings. The van der Waals surface area contributed by atoms with E-state index in [0.717, 1.165) is 36.5 Å². The van der Waals surface area contributed by atoms with Crippen LogP contribution in [0.5, 0.6) is 0 Å². The molecule has 1 fully saturated rings. The predicted octanol–water partition coefficient (Wildman–Crippen LogP) is 2.89. The zero-order chi connectivity index (χ0) is 14.7. The van der Waals surface area contributed by atoms with E-state index in [1.165, 1.54) is 0 Å². The van der Waals surface area contributed by atoms with E-state index in [0.29, 0.717) is 18.6 Å². The van der Waals surface area contributed by atoms with Crippen molar-refractivity contribution in [3.8, 4) is 0 Å². The Morgan fingerprint density at radius 1 is 1.50 bits per heavy atom. The lowest BCUT2D eigenvalue weighted by Crippen LogP contribution is -2.42. The number of hydrogen-bond donors (Lipinski definition) is 0. The first-order chi connectivity index (χ1) is 9.53. The summed E-state index contributed by atoms with van der Waals surface area (Å²) in [5, 5.41) is 0. The zero-order valence-electron chi connectivity index (χ0n) is 12.3. The summed E-state index contributed by atoms with van der Waals surface area (Å²) in [5.74, 6) is 2.26. The monoisotopic (exact) mass is 299 g/mol. The Labute approximate surface area is 125 Å². The summed E-state index contributed by atoms with van der Waals surface area (Å²) in [5.41, 5.74) is 1.06. The topological polar surface area (TPSA) is 42.7 Å². The summed E-state index contributed by atoms with van der Waals surface area (Å²) in [6, 6.07) is 1.99. The van der Waals surface area contributed by atoms with Gasteiger partial charge in [-0.25, -0.2) is 0 Å². The molecule has 1 aliphatic carbocycles. The molecule has 1 aromatic rings. The van der Waals surface area contributed by atoms with Gasteiger partial charge in [0.2, 0.25) is 5.91 Å². The number of hydrogen-bond acceptors (Lipinski definition) is 3.